The van der Waals surface area contributed by atoms with E-state index in [1.54, 1.807) is 6.20 Å². The SMILES string of the molecule is O=C1CN(c2ccc(NC(=O)C[C@@H]3C=CCC3)cn2)CCN1. The summed E-state index contributed by atoms with van der Waals surface area (Å²) in [6.07, 6.45) is 8.53. The second kappa shape index (κ2) is 6.60. The number of hydrogen-bond donors (Lipinski definition) is 2. The zero-order valence-corrected chi connectivity index (χ0v) is 12.4. The first-order valence-electron chi connectivity index (χ1n) is 7.65. The molecule has 3 rings (SSSR count). The normalized spacial score (nSPS) is 20.8. The zero-order valence-electron chi connectivity index (χ0n) is 12.4. The summed E-state index contributed by atoms with van der Waals surface area (Å²) in [5.74, 6) is 1.14. The fraction of sp³-hybridized carbons (Fsp3) is 0.438. The second-order valence-electron chi connectivity index (χ2n) is 5.69. The highest BCUT2D eigenvalue weighted by Crippen LogP contribution is 2.21. The number of carbonyl (C=O) groups is 2. The first-order chi connectivity index (χ1) is 10.7. The van der Waals surface area contributed by atoms with Crippen molar-refractivity contribution in [3.05, 3.63) is 30.5 Å². The van der Waals surface area contributed by atoms with Crippen LogP contribution in [0.5, 0.6) is 0 Å². The van der Waals surface area contributed by atoms with Gasteiger partial charge in [-0.1, -0.05) is 12.2 Å². The van der Waals surface area contributed by atoms with Gasteiger partial charge in [0.05, 0.1) is 18.4 Å². The molecule has 1 fully saturated rings. The average Bonchev–Trinajstić information content (AvgIpc) is 3.01. The number of hydrogen-bond acceptors (Lipinski definition) is 4. The highest BCUT2D eigenvalue weighted by Gasteiger charge is 2.18. The average molecular weight is 300 g/mol. The summed E-state index contributed by atoms with van der Waals surface area (Å²) in [4.78, 5) is 29.6. The van der Waals surface area contributed by atoms with Crippen molar-refractivity contribution in [2.45, 2.75) is 19.3 Å². The van der Waals surface area contributed by atoms with Crippen molar-refractivity contribution in [2.75, 3.05) is 29.9 Å². The minimum Gasteiger partial charge on any atom is -0.353 e. The predicted molar refractivity (Wildman–Crippen MR) is 84.6 cm³/mol. The summed E-state index contributed by atoms with van der Waals surface area (Å²) in [6, 6.07) is 3.67. The van der Waals surface area contributed by atoms with Crippen LogP contribution in [0.2, 0.25) is 0 Å². The molecule has 1 saturated heterocycles. The molecule has 0 radical (unpaired) electrons. The van der Waals surface area contributed by atoms with E-state index in [4.69, 9.17) is 0 Å². The molecule has 6 heteroatoms. The maximum Gasteiger partial charge on any atom is 0.239 e. The van der Waals surface area contributed by atoms with Crippen LogP contribution in [-0.4, -0.2) is 36.4 Å². The van der Waals surface area contributed by atoms with Gasteiger partial charge in [-0.2, -0.15) is 0 Å². The van der Waals surface area contributed by atoms with Crippen LogP contribution < -0.4 is 15.5 Å². The number of pyridine rings is 1. The zero-order chi connectivity index (χ0) is 15.4. The molecule has 116 valence electrons. The minimum absolute atomic E-state index is 0.00930. The van der Waals surface area contributed by atoms with Crippen LogP contribution in [-0.2, 0) is 9.59 Å². The second-order valence-corrected chi connectivity index (χ2v) is 5.69. The topological polar surface area (TPSA) is 74.3 Å². The molecule has 1 atom stereocenters. The molecule has 0 aromatic carbocycles. The quantitative estimate of drug-likeness (QED) is 0.822. The van der Waals surface area contributed by atoms with Gasteiger partial charge >= 0.3 is 0 Å². The van der Waals surface area contributed by atoms with Gasteiger partial charge in [0.15, 0.2) is 0 Å². The number of anilines is 2. The van der Waals surface area contributed by atoms with Crippen molar-refractivity contribution in [1.82, 2.24) is 10.3 Å². The number of aromatic nitrogens is 1. The molecule has 2 heterocycles. The van der Waals surface area contributed by atoms with Gasteiger partial charge in [-0.15, -0.1) is 0 Å². The summed E-state index contributed by atoms with van der Waals surface area (Å²) in [5.41, 5.74) is 0.692. The van der Waals surface area contributed by atoms with E-state index in [9.17, 15) is 9.59 Å². The predicted octanol–water partition coefficient (Wildman–Crippen LogP) is 1.31. The summed E-state index contributed by atoms with van der Waals surface area (Å²) in [5, 5.41) is 5.66. The first-order valence-corrected chi connectivity index (χ1v) is 7.65. The maximum absolute atomic E-state index is 12.0. The molecule has 1 aromatic rings. The Balaban J connectivity index is 1.55. The lowest BCUT2D eigenvalue weighted by Gasteiger charge is -2.27. The molecule has 1 aromatic heterocycles. The molecular formula is C16H20N4O2. The van der Waals surface area contributed by atoms with Crippen LogP contribution in [0.4, 0.5) is 11.5 Å². The highest BCUT2D eigenvalue weighted by molar-refractivity contribution is 5.91. The van der Waals surface area contributed by atoms with Crippen molar-refractivity contribution in [2.24, 2.45) is 5.92 Å². The Labute approximate surface area is 129 Å². The van der Waals surface area contributed by atoms with Crippen molar-refractivity contribution >= 4 is 23.3 Å². The third-order valence-electron chi connectivity index (χ3n) is 3.95. The van der Waals surface area contributed by atoms with E-state index in [0.717, 1.165) is 25.2 Å². The molecule has 1 aliphatic carbocycles. The summed E-state index contributed by atoms with van der Waals surface area (Å²) in [6.45, 7) is 1.71. The Bertz CT molecular complexity index is 582. The molecular weight excluding hydrogens is 280 g/mol. The van der Waals surface area contributed by atoms with Crippen LogP contribution in [0.25, 0.3) is 0 Å². The lowest BCUT2D eigenvalue weighted by atomic mass is 10.1. The van der Waals surface area contributed by atoms with Crippen LogP contribution in [0.3, 0.4) is 0 Å². The third-order valence-corrected chi connectivity index (χ3v) is 3.95. The smallest absolute Gasteiger partial charge is 0.239 e. The van der Waals surface area contributed by atoms with Gasteiger partial charge in [-0.3, -0.25) is 9.59 Å². The summed E-state index contributed by atoms with van der Waals surface area (Å²) >= 11 is 0. The molecule has 0 bridgehead atoms. The standard InChI is InChI=1S/C16H20N4O2/c21-15(9-12-3-1-2-4-12)19-13-5-6-14(18-10-13)20-8-7-17-16(22)11-20/h1,3,5-6,10,12H,2,4,7-9,11H2,(H,17,22)(H,19,21)/t12-/m1/s1. The fourth-order valence-electron chi connectivity index (χ4n) is 2.80. The number of nitrogens with one attached hydrogen (secondary N) is 2. The Hall–Kier alpha value is -2.37. The molecule has 2 aliphatic rings. The van der Waals surface area contributed by atoms with Crippen molar-refractivity contribution < 1.29 is 9.59 Å². The van der Waals surface area contributed by atoms with Crippen LogP contribution in [0, 0.1) is 5.92 Å². The molecule has 22 heavy (non-hydrogen) atoms. The molecule has 0 unspecified atom stereocenters. The van der Waals surface area contributed by atoms with E-state index in [2.05, 4.69) is 27.8 Å². The van der Waals surface area contributed by atoms with E-state index in [0.29, 0.717) is 31.1 Å². The minimum atomic E-state index is 0.00930. The summed E-state index contributed by atoms with van der Waals surface area (Å²) < 4.78 is 0. The molecule has 0 spiro atoms. The number of carbonyl (C=O) groups excluding carboxylic acids is 2. The fourth-order valence-corrected chi connectivity index (χ4v) is 2.80. The number of nitrogens with zero attached hydrogens (tertiary/aromatic N) is 2. The number of amides is 2. The molecule has 6 nitrogen and oxygen atoms in total. The number of allylic oxidation sites excluding steroid dienone is 2. The van der Waals surface area contributed by atoms with Crippen LogP contribution in [0.15, 0.2) is 30.5 Å². The largest absolute Gasteiger partial charge is 0.353 e. The van der Waals surface area contributed by atoms with Gasteiger partial charge in [0.25, 0.3) is 0 Å². The summed E-state index contributed by atoms with van der Waals surface area (Å²) in [7, 11) is 0. The van der Waals surface area contributed by atoms with Gasteiger partial charge in [-0.05, 0) is 30.9 Å². The Morgan fingerprint density at radius 1 is 1.45 bits per heavy atom. The van der Waals surface area contributed by atoms with Crippen molar-refractivity contribution in [1.29, 1.82) is 0 Å². The van der Waals surface area contributed by atoms with Crippen LogP contribution in [0.1, 0.15) is 19.3 Å². The monoisotopic (exact) mass is 300 g/mol. The van der Waals surface area contributed by atoms with E-state index in [1.807, 2.05) is 17.0 Å². The lowest BCUT2D eigenvalue weighted by Crippen LogP contribution is -2.48. The van der Waals surface area contributed by atoms with Gasteiger partial charge in [0, 0.05) is 19.5 Å². The van der Waals surface area contributed by atoms with Gasteiger partial charge < -0.3 is 15.5 Å². The molecule has 2 amide bonds. The molecule has 0 saturated carbocycles. The van der Waals surface area contributed by atoms with E-state index in [-0.39, 0.29) is 11.8 Å². The Morgan fingerprint density at radius 2 is 2.36 bits per heavy atom. The highest BCUT2D eigenvalue weighted by atomic mass is 16.2. The Kier molecular flexibility index (Phi) is 4.37. The van der Waals surface area contributed by atoms with Gasteiger partial charge in [0.2, 0.25) is 11.8 Å². The van der Waals surface area contributed by atoms with E-state index >= 15 is 0 Å². The van der Waals surface area contributed by atoms with Gasteiger partial charge in [0.1, 0.15) is 5.82 Å². The van der Waals surface area contributed by atoms with E-state index < -0.39 is 0 Å². The van der Waals surface area contributed by atoms with Crippen LogP contribution >= 0.6 is 0 Å². The number of piperazine rings is 1. The van der Waals surface area contributed by atoms with Gasteiger partial charge in [-0.25, -0.2) is 4.98 Å². The first kappa shape index (κ1) is 14.6. The molecule has 1 aliphatic heterocycles. The lowest BCUT2D eigenvalue weighted by molar-refractivity contribution is -0.120. The third kappa shape index (κ3) is 3.63. The number of rotatable bonds is 4. The van der Waals surface area contributed by atoms with Crippen molar-refractivity contribution in [3.63, 3.8) is 0 Å². The molecule has 2 N–H and O–H groups in total. The maximum atomic E-state index is 12.0. The van der Waals surface area contributed by atoms with Crippen molar-refractivity contribution in [3.8, 4) is 0 Å². The van der Waals surface area contributed by atoms with E-state index in [1.165, 1.54) is 0 Å². The Morgan fingerprint density at radius 3 is 3.05 bits per heavy atom.